The summed E-state index contributed by atoms with van der Waals surface area (Å²) in [6.07, 6.45) is -3.40. The van der Waals surface area contributed by atoms with Crippen LogP contribution in [0, 0.1) is 0 Å². The average molecular weight is 434 g/mol. The number of anilines is 1. The topological polar surface area (TPSA) is 60.0 Å². The van der Waals surface area contributed by atoms with Gasteiger partial charge in [0.05, 0.1) is 12.2 Å². The number of carbonyl (C=O) groups excluding carboxylic acids is 1. The van der Waals surface area contributed by atoms with E-state index in [1.165, 1.54) is 12.1 Å². The maximum Gasteiger partial charge on any atom is 0.431 e. The van der Waals surface area contributed by atoms with Gasteiger partial charge in [-0.3, -0.25) is 4.84 Å². The second-order valence-electron chi connectivity index (χ2n) is 7.30. The van der Waals surface area contributed by atoms with Crippen molar-refractivity contribution in [2.75, 3.05) is 18.1 Å². The molecule has 164 valence electrons. The van der Waals surface area contributed by atoms with Crippen LogP contribution >= 0.6 is 0 Å². The zero-order valence-electron chi connectivity index (χ0n) is 16.5. The molecule has 2 atom stereocenters. The SMILES string of the molecule is C=CCN1c2ccccc2C2(ONC(=O)OCc3ccc(C(F)(F)F)cc3)CCOC12. The number of rotatable bonds is 6. The highest BCUT2D eigenvalue weighted by Crippen LogP contribution is 2.51. The molecule has 1 N–H and O–H groups in total. The Hall–Kier alpha value is -3.04. The van der Waals surface area contributed by atoms with Gasteiger partial charge in [0.15, 0.2) is 11.8 Å². The largest absolute Gasteiger partial charge is 0.443 e. The lowest BCUT2D eigenvalue weighted by molar-refractivity contribution is -0.137. The zero-order chi connectivity index (χ0) is 22.1. The van der Waals surface area contributed by atoms with Gasteiger partial charge >= 0.3 is 12.3 Å². The Kier molecular flexibility index (Phi) is 5.63. The van der Waals surface area contributed by atoms with Gasteiger partial charge in [-0.25, -0.2) is 4.79 Å². The Morgan fingerprint density at radius 2 is 2.00 bits per heavy atom. The second-order valence-corrected chi connectivity index (χ2v) is 7.30. The summed E-state index contributed by atoms with van der Waals surface area (Å²) in [5, 5.41) is 0. The van der Waals surface area contributed by atoms with Crippen LogP contribution in [0.15, 0.2) is 61.2 Å². The minimum atomic E-state index is -4.42. The monoisotopic (exact) mass is 434 g/mol. The highest BCUT2D eigenvalue weighted by molar-refractivity contribution is 5.67. The van der Waals surface area contributed by atoms with Gasteiger partial charge in [0.2, 0.25) is 0 Å². The predicted octanol–water partition coefficient (Wildman–Crippen LogP) is 4.51. The van der Waals surface area contributed by atoms with Crippen LogP contribution in [0.5, 0.6) is 0 Å². The van der Waals surface area contributed by atoms with Crippen molar-refractivity contribution in [1.82, 2.24) is 5.48 Å². The van der Waals surface area contributed by atoms with E-state index < -0.39 is 29.7 Å². The van der Waals surface area contributed by atoms with Crippen molar-refractivity contribution in [3.63, 3.8) is 0 Å². The third-order valence-electron chi connectivity index (χ3n) is 5.39. The molecule has 2 aromatic rings. The first-order valence-corrected chi connectivity index (χ1v) is 9.71. The van der Waals surface area contributed by atoms with E-state index in [1.54, 1.807) is 6.08 Å². The number of carbonyl (C=O) groups is 1. The number of nitrogens with one attached hydrogen (secondary N) is 1. The first kappa shape index (κ1) is 21.2. The molecular weight excluding hydrogens is 413 g/mol. The molecule has 1 saturated heterocycles. The smallest absolute Gasteiger partial charge is 0.431 e. The van der Waals surface area contributed by atoms with Crippen LogP contribution in [0.2, 0.25) is 0 Å². The molecule has 0 bridgehead atoms. The minimum Gasteiger partial charge on any atom is -0.443 e. The molecule has 0 radical (unpaired) electrons. The second kappa shape index (κ2) is 8.24. The summed E-state index contributed by atoms with van der Waals surface area (Å²) >= 11 is 0. The number of halogens is 3. The Labute approximate surface area is 177 Å². The van der Waals surface area contributed by atoms with Crippen LogP contribution in [0.1, 0.15) is 23.1 Å². The van der Waals surface area contributed by atoms with E-state index in [9.17, 15) is 18.0 Å². The van der Waals surface area contributed by atoms with Crippen molar-refractivity contribution >= 4 is 11.8 Å². The maximum atomic E-state index is 12.6. The highest BCUT2D eigenvalue weighted by atomic mass is 19.4. The van der Waals surface area contributed by atoms with Gasteiger partial charge < -0.3 is 14.4 Å². The van der Waals surface area contributed by atoms with E-state index >= 15 is 0 Å². The zero-order valence-corrected chi connectivity index (χ0v) is 16.5. The molecule has 2 aromatic carbocycles. The molecule has 9 heteroatoms. The third kappa shape index (κ3) is 3.98. The fraction of sp³-hybridized carbons (Fsp3) is 0.318. The molecule has 6 nitrogen and oxygen atoms in total. The van der Waals surface area contributed by atoms with Crippen molar-refractivity contribution in [3.05, 3.63) is 77.9 Å². The Bertz CT molecular complexity index is 964. The molecule has 0 aliphatic carbocycles. The van der Waals surface area contributed by atoms with Crippen molar-refractivity contribution in [2.24, 2.45) is 0 Å². The van der Waals surface area contributed by atoms with E-state index in [4.69, 9.17) is 14.3 Å². The number of para-hydroxylation sites is 1. The molecule has 4 rings (SSSR count). The molecule has 0 spiro atoms. The molecule has 2 unspecified atom stereocenters. The Balaban J connectivity index is 1.40. The van der Waals surface area contributed by atoms with Crippen molar-refractivity contribution in [2.45, 2.75) is 31.0 Å². The summed E-state index contributed by atoms with van der Waals surface area (Å²) in [5.74, 6) is 0. The molecule has 31 heavy (non-hydrogen) atoms. The van der Waals surface area contributed by atoms with Crippen LogP contribution in [-0.2, 0) is 32.7 Å². The molecule has 2 aliphatic rings. The van der Waals surface area contributed by atoms with Crippen LogP contribution < -0.4 is 10.4 Å². The summed E-state index contributed by atoms with van der Waals surface area (Å²) in [4.78, 5) is 20.1. The molecular formula is C22H21F3N2O4. The van der Waals surface area contributed by atoms with Gasteiger partial charge in [-0.05, 0) is 23.8 Å². The van der Waals surface area contributed by atoms with E-state index in [-0.39, 0.29) is 6.61 Å². The first-order valence-electron chi connectivity index (χ1n) is 9.71. The Morgan fingerprint density at radius 3 is 2.71 bits per heavy atom. The molecule has 1 amide bonds. The van der Waals surface area contributed by atoms with Gasteiger partial charge in [0.25, 0.3) is 0 Å². The molecule has 0 aromatic heterocycles. The van der Waals surface area contributed by atoms with Gasteiger partial charge in [-0.2, -0.15) is 18.7 Å². The van der Waals surface area contributed by atoms with E-state index in [1.807, 2.05) is 29.2 Å². The van der Waals surface area contributed by atoms with Crippen LogP contribution in [0.25, 0.3) is 0 Å². The summed E-state index contributed by atoms with van der Waals surface area (Å²) in [7, 11) is 0. The average Bonchev–Trinajstić information content (AvgIpc) is 3.28. The fourth-order valence-electron chi connectivity index (χ4n) is 3.99. The number of amides is 1. The van der Waals surface area contributed by atoms with Gasteiger partial charge in [0.1, 0.15) is 6.61 Å². The number of nitrogens with zero attached hydrogens (tertiary/aromatic N) is 1. The van der Waals surface area contributed by atoms with Gasteiger partial charge in [-0.15, -0.1) is 6.58 Å². The van der Waals surface area contributed by atoms with Crippen molar-refractivity contribution in [3.8, 4) is 0 Å². The third-order valence-corrected chi connectivity index (χ3v) is 5.39. The van der Waals surface area contributed by atoms with E-state index in [2.05, 4.69) is 12.1 Å². The summed E-state index contributed by atoms with van der Waals surface area (Å²) < 4.78 is 48.9. The standard InChI is InChI=1S/C22H21F3N2O4/c1-2-12-27-18-6-4-3-5-17(18)21(11-13-29-19(21)27)31-26-20(28)30-14-15-7-9-16(10-8-15)22(23,24)25/h2-10,19H,1,11-14H2,(H,26,28). The number of fused-ring (bicyclic) bond motifs is 3. The lowest BCUT2D eigenvalue weighted by Gasteiger charge is -2.31. The minimum absolute atomic E-state index is 0.195. The summed E-state index contributed by atoms with van der Waals surface area (Å²) in [5.41, 5.74) is 2.91. The van der Waals surface area contributed by atoms with E-state index in [0.717, 1.165) is 23.4 Å². The number of hydrogen-bond acceptors (Lipinski definition) is 5. The van der Waals surface area contributed by atoms with E-state index in [0.29, 0.717) is 25.1 Å². The summed E-state index contributed by atoms with van der Waals surface area (Å²) in [6.45, 7) is 4.60. The van der Waals surface area contributed by atoms with Crippen LogP contribution in [0.3, 0.4) is 0 Å². The normalized spacial score (nSPS) is 22.0. The number of alkyl halides is 3. The molecule has 2 heterocycles. The van der Waals surface area contributed by atoms with Crippen molar-refractivity contribution in [1.29, 1.82) is 0 Å². The lowest BCUT2D eigenvalue weighted by Crippen LogP contribution is -2.47. The fourth-order valence-corrected chi connectivity index (χ4v) is 3.99. The predicted molar refractivity (Wildman–Crippen MR) is 106 cm³/mol. The number of benzene rings is 2. The summed E-state index contributed by atoms with van der Waals surface area (Å²) in [6, 6.07) is 12.1. The molecule has 0 saturated carbocycles. The number of hydroxylamine groups is 1. The Morgan fingerprint density at radius 1 is 1.26 bits per heavy atom. The maximum absolute atomic E-state index is 12.6. The first-order chi connectivity index (χ1) is 14.8. The van der Waals surface area contributed by atoms with Crippen LogP contribution in [-0.4, -0.2) is 25.5 Å². The number of ether oxygens (including phenoxy) is 2. The molecule has 1 fully saturated rings. The highest BCUT2D eigenvalue weighted by Gasteiger charge is 2.57. The van der Waals surface area contributed by atoms with Crippen molar-refractivity contribution < 1.29 is 32.3 Å². The van der Waals surface area contributed by atoms with Gasteiger partial charge in [-0.1, -0.05) is 36.4 Å². The van der Waals surface area contributed by atoms with Crippen LogP contribution in [0.4, 0.5) is 23.7 Å². The van der Waals surface area contributed by atoms with Gasteiger partial charge in [0, 0.05) is 24.2 Å². The quantitative estimate of drug-likeness (QED) is 0.536. The number of hydrogen-bond donors (Lipinski definition) is 1. The lowest BCUT2D eigenvalue weighted by atomic mass is 9.93. The molecule has 2 aliphatic heterocycles.